The maximum atomic E-state index is 12.5. The van der Waals surface area contributed by atoms with E-state index in [1.165, 1.54) is 0 Å². The lowest BCUT2D eigenvalue weighted by Gasteiger charge is -2.29. The summed E-state index contributed by atoms with van der Waals surface area (Å²) in [6, 6.07) is -0.242. The van der Waals surface area contributed by atoms with Crippen molar-refractivity contribution in [3.63, 3.8) is 0 Å². The lowest BCUT2D eigenvalue weighted by Crippen LogP contribution is -2.47. The van der Waals surface area contributed by atoms with E-state index in [9.17, 15) is 9.59 Å². The minimum Gasteiger partial charge on any atom is -0.344 e. The molecule has 3 aliphatic rings. The second-order valence-electron chi connectivity index (χ2n) is 6.07. The zero-order chi connectivity index (χ0) is 13.2. The standard InChI is InChI=1S/C15H22N2O2/c18-13-8-9-17(10-11-4-2-1-3-5-11)15(19)14(16-13)12-6-7-12/h1-2,11-12,14H,3-10H2,(H,16,18). The molecule has 2 fully saturated rings. The van der Waals surface area contributed by atoms with Crippen LogP contribution in [0, 0.1) is 11.8 Å². The van der Waals surface area contributed by atoms with E-state index in [2.05, 4.69) is 17.5 Å². The summed E-state index contributed by atoms with van der Waals surface area (Å²) in [5.41, 5.74) is 0. The van der Waals surface area contributed by atoms with Gasteiger partial charge >= 0.3 is 0 Å². The highest BCUT2D eigenvalue weighted by atomic mass is 16.2. The first-order valence-corrected chi connectivity index (χ1v) is 7.47. The van der Waals surface area contributed by atoms with E-state index < -0.39 is 0 Å². The summed E-state index contributed by atoms with van der Waals surface area (Å²) in [5.74, 6) is 1.16. The summed E-state index contributed by atoms with van der Waals surface area (Å²) < 4.78 is 0. The van der Waals surface area contributed by atoms with Crippen molar-refractivity contribution >= 4 is 11.8 Å². The molecule has 0 spiro atoms. The molecule has 2 amide bonds. The van der Waals surface area contributed by atoms with Gasteiger partial charge in [0.05, 0.1) is 0 Å². The molecule has 0 aromatic heterocycles. The molecule has 0 aromatic rings. The van der Waals surface area contributed by atoms with Gasteiger partial charge in [-0.2, -0.15) is 0 Å². The molecule has 4 heteroatoms. The monoisotopic (exact) mass is 262 g/mol. The maximum absolute atomic E-state index is 12.5. The van der Waals surface area contributed by atoms with Crippen molar-refractivity contribution in [3.8, 4) is 0 Å². The second-order valence-corrected chi connectivity index (χ2v) is 6.07. The first-order valence-electron chi connectivity index (χ1n) is 7.47. The van der Waals surface area contributed by atoms with Crippen LogP contribution in [0.25, 0.3) is 0 Å². The number of nitrogens with one attached hydrogen (secondary N) is 1. The SMILES string of the molecule is O=C1CCN(CC2CC=CCC2)C(=O)C(C2CC2)N1. The third-order valence-electron chi connectivity index (χ3n) is 4.45. The molecule has 1 heterocycles. The molecule has 2 unspecified atom stereocenters. The number of rotatable bonds is 3. The Balaban J connectivity index is 1.66. The molecular formula is C15H22N2O2. The Bertz CT molecular complexity index is 401. The summed E-state index contributed by atoms with van der Waals surface area (Å²) in [6.07, 6.45) is 10.4. The van der Waals surface area contributed by atoms with Crippen molar-refractivity contribution in [1.29, 1.82) is 0 Å². The van der Waals surface area contributed by atoms with Crippen molar-refractivity contribution in [3.05, 3.63) is 12.2 Å². The van der Waals surface area contributed by atoms with E-state index in [1.807, 2.05) is 4.90 Å². The van der Waals surface area contributed by atoms with Crippen LogP contribution in [0.1, 0.15) is 38.5 Å². The molecule has 1 N–H and O–H groups in total. The molecule has 0 aromatic carbocycles. The van der Waals surface area contributed by atoms with E-state index in [1.54, 1.807) is 0 Å². The van der Waals surface area contributed by atoms with Crippen molar-refractivity contribution < 1.29 is 9.59 Å². The molecule has 1 saturated heterocycles. The molecule has 4 nitrogen and oxygen atoms in total. The highest BCUT2D eigenvalue weighted by molar-refractivity contribution is 5.90. The van der Waals surface area contributed by atoms with Gasteiger partial charge in [0.15, 0.2) is 0 Å². The Hall–Kier alpha value is -1.32. The van der Waals surface area contributed by atoms with Crippen LogP contribution in [-0.2, 0) is 9.59 Å². The number of carbonyl (C=O) groups excluding carboxylic acids is 2. The summed E-state index contributed by atoms with van der Waals surface area (Å²) >= 11 is 0. The fraction of sp³-hybridized carbons (Fsp3) is 0.733. The van der Waals surface area contributed by atoms with Gasteiger partial charge in [-0.25, -0.2) is 0 Å². The lowest BCUT2D eigenvalue weighted by atomic mass is 9.93. The number of amides is 2. The number of hydrogen-bond donors (Lipinski definition) is 1. The van der Waals surface area contributed by atoms with E-state index >= 15 is 0 Å². The second kappa shape index (κ2) is 5.35. The molecule has 2 aliphatic carbocycles. The largest absolute Gasteiger partial charge is 0.344 e. The topological polar surface area (TPSA) is 49.4 Å². The van der Waals surface area contributed by atoms with E-state index in [4.69, 9.17) is 0 Å². The number of allylic oxidation sites excluding steroid dienone is 2. The maximum Gasteiger partial charge on any atom is 0.245 e. The Kier molecular flexibility index (Phi) is 3.58. The van der Waals surface area contributed by atoms with Gasteiger partial charge in [0.1, 0.15) is 6.04 Å². The third kappa shape index (κ3) is 2.99. The van der Waals surface area contributed by atoms with E-state index in [0.29, 0.717) is 24.8 Å². The minimum absolute atomic E-state index is 0.0382. The quantitative estimate of drug-likeness (QED) is 0.783. The van der Waals surface area contributed by atoms with Gasteiger partial charge in [-0.05, 0) is 43.9 Å². The van der Waals surface area contributed by atoms with Gasteiger partial charge in [-0.1, -0.05) is 12.2 Å². The third-order valence-corrected chi connectivity index (χ3v) is 4.45. The van der Waals surface area contributed by atoms with Crippen LogP contribution in [0.5, 0.6) is 0 Å². The van der Waals surface area contributed by atoms with Crippen molar-refractivity contribution in [2.45, 2.75) is 44.6 Å². The van der Waals surface area contributed by atoms with Crippen LogP contribution in [0.15, 0.2) is 12.2 Å². The zero-order valence-corrected chi connectivity index (χ0v) is 11.3. The summed E-state index contributed by atoms with van der Waals surface area (Å²) in [6.45, 7) is 1.41. The zero-order valence-electron chi connectivity index (χ0n) is 11.3. The fourth-order valence-electron chi connectivity index (χ4n) is 3.11. The predicted octanol–water partition coefficient (Wildman–Crippen LogP) is 1.47. The predicted molar refractivity (Wildman–Crippen MR) is 72.3 cm³/mol. The first kappa shape index (κ1) is 12.7. The van der Waals surface area contributed by atoms with Crippen molar-refractivity contribution in [2.24, 2.45) is 11.8 Å². The molecule has 0 radical (unpaired) electrons. The Labute approximate surface area is 114 Å². The van der Waals surface area contributed by atoms with Crippen LogP contribution >= 0.6 is 0 Å². The number of hydrogen-bond acceptors (Lipinski definition) is 2. The highest BCUT2D eigenvalue weighted by Crippen LogP contribution is 2.34. The van der Waals surface area contributed by atoms with Gasteiger partial charge in [-0.15, -0.1) is 0 Å². The molecule has 1 aliphatic heterocycles. The van der Waals surface area contributed by atoms with E-state index in [-0.39, 0.29) is 17.9 Å². The van der Waals surface area contributed by atoms with Gasteiger partial charge < -0.3 is 10.2 Å². The minimum atomic E-state index is -0.242. The number of carbonyl (C=O) groups is 2. The molecule has 1 saturated carbocycles. The van der Waals surface area contributed by atoms with Crippen molar-refractivity contribution in [1.82, 2.24) is 10.2 Å². The van der Waals surface area contributed by atoms with Crippen LogP contribution in [0.3, 0.4) is 0 Å². The molecule has 0 bridgehead atoms. The van der Waals surface area contributed by atoms with E-state index in [0.717, 1.165) is 38.6 Å². The van der Waals surface area contributed by atoms with Crippen LogP contribution < -0.4 is 5.32 Å². The van der Waals surface area contributed by atoms with Crippen molar-refractivity contribution in [2.75, 3.05) is 13.1 Å². The fourth-order valence-corrected chi connectivity index (χ4v) is 3.11. The molecule has 104 valence electrons. The summed E-state index contributed by atoms with van der Waals surface area (Å²) in [5, 5.41) is 2.91. The van der Waals surface area contributed by atoms with Gasteiger partial charge in [0.25, 0.3) is 0 Å². The summed E-state index contributed by atoms with van der Waals surface area (Å²) in [4.78, 5) is 26.2. The Morgan fingerprint density at radius 2 is 2.05 bits per heavy atom. The van der Waals surface area contributed by atoms with Gasteiger partial charge in [0, 0.05) is 19.5 Å². The average molecular weight is 262 g/mol. The van der Waals surface area contributed by atoms with Gasteiger partial charge in [0.2, 0.25) is 11.8 Å². The normalized spacial score (nSPS) is 32.1. The smallest absolute Gasteiger partial charge is 0.245 e. The Morgan fingerprint density at radius 1 is 1.21 bits per heavy atom. The molecular weight excluding hydrogens is 240 g/mol. The van der Waals surface area contributed by atoms with Gasteiger partial charge in [-0.3, -0.25) is 9.59 Å². The van der Waals surface area contributed by atoms with Crippen LogP contribution in [-0.4, -0.2) is 35.8 Å². The average Bonchev–Trinajstić information content (AvgIpc) is 3.25. The molecule has 3 rings (SSSR count). The molecule has 19 heavy (non-hydrogen) atoms. The van der Waals surface area contributed by atoms with Crippen LogP contribution in [0.4, 0.5) is 0 Å². The lowest BCUT2D eigenvalue weighted by molar-refractivity contribution is -0.134. The summed E-state index contributed by atoms with van der Waals surface area (Å²) in [7, 11) is 0. The Morgan fingerprint density at radius 3 is 2.74 bits per heavy atom. The molecule has 2 atom stereocenters. The number of nitrogens with zero attached hydrogens (tertiary/aromatic N) is 1. The first-order chi connectivity index (χ1) is 9.24. The highest BCUT2D eigenvalue weighted by Gasteiger charge is 2.41. The van der Waals surface area contributed by atoms with Crippen LogP contribution in [0.2, 0.25) is 0 Å².